The van der Waals surface area contributed by atoms with Crippen LogP contribution < -0.4 is 15.4 Å². The lowest BCUT2D eigenvalue weighted by atomic mass is 9.79. The molecule has 1 amide bonds. The molecule has 0 saturated carbocycles. The lowest BCUT2D eigenvalue weighted by Gasteiger charge is -2.46. The van der Waals surface area contributed by atoms with E-state index in [9.17, 15) is 4.79 Å². The zero-order valence-corrected chi connectivity index (χ0v) is 17.3. The van der Waals surface area contributed by atoms with Gasteiger partial charge in [0.1, 0.15) is 0 Å². The summed E-state index contributed by atoms with van der Waals surface area (Å²) in [5.41, 5.74) is 1.31. The Balaban J connectivity index is 1.50. The average molecular weight is 375 g/mol. The molecule has 150 valence electrons. The first kappa shape index (κ1) is 20.1. The van der Waals surface area contributed by atoms with Gasteiger partial charge in [-0.2, -0.15) is 0 Å². The number of piperidine rings is 1. The predicted molar refractivity (Wildman–Crippen MR) is 107 cm³/mol. The van der Waals surface area contributed by atoms with E-state index in [1.807, 2.05) is 12.3 Å². The van der Waals surface area contributed by atoms with Crippen LogP contribution in [0.5, 0.6) is 5.88 Å². The van der Waals surface area contributed by atoms with Crippen molar-refractivity contribution in [2.45, 2.75) is 70.0 Å². The Hall–Kier alpha value is -1.66. The Bertz CT molecular complexity index is 641. The molecule has 0 bridgehead atoms. The second kappa shape index (κ2) is 7.76. The van der Waals surface area contributed by atoms with E-state index < -0.39 is 0 Å². The maximum absolute atomic E-state index is 12.6. The topological polar surface area (TPSA) is 66.5 Å². The number of carbonyl (C=O) groups is 1. The second-order valence-electron chi connectivity index (χ2n) is 9.42. The number of carbonyl (C=O) groups excluding carboxylic acids is 1. The average Bonchev–Trinajstić information content (AvgIpc) is 3.00. The zero-order chi connectivity index (χ0) is 19.7. The molecule has 0 aromatic carbocycles. The Labute approximate surface area is 163 Å². The SMILES string of the molecule is COc1ccc(C2CCN(CC(=O)NC3CC(C)(C)NC(C)(C)C3)C2)cn1. The van der Waals surface area contributed by atoms with E-state index in [-0.39, 0.29) is 23.0 Å². The summed E-state index contributed by atoms with van der Waals surface area (Å²) in [5.74, 6) is 1.22. The number of hydrogen-bond acceptors (Lipinski definition) is 5. The summed E-state index contributed by atoms with van der Waals surface area (Å²) in [7, 11) is 1.63. The number of ether oxygens (including phenoxy) is 1. The van der Waals surface area contributed by atoms with Gasteiger partial charge in [-0.1, -0.05) is 6.07 Å². The third-order valence-corrected chi connectivity index (χ3v) is 5.63. The Morgan fingerprint density at radius 2 is 2.00 bits per heavy atom. The lowest BCUT2D eigenvalue weighted by molar-refractivity contribution is -0.123. The molecule has 2 aliphatic rings. The molecule has 0 radical (unpaired) electrons. The van der Waals surface area contributed by atoms with Crippen molar-refractivity contribution in [1.29, 1.82) is 0 Å². The molecular weight excluding hydrogens is 340 g/mol. The summed E-state index contributed by atoms with van der Waals surface area (Å²) in [4.78, 5) is 19.2. The zero-order valence-electron chi connectivity index (χ0n) is 17.3. The Kier molecular flexibility index (Phi) is 5.77. The molecule has 1 atom stereocenters. The van der Waals surface area contributed by atoms with Crippen LogP contribution in [0.1, 0.15) is 58.4 Å². The van der Waals surface area contributed by atoms with E-state index in [0.29, 0.717) is 18.3 Å². The highest BCUT2D eigenvalue weighted by Gasteiger charge is 2.38. The first-order valence-corrected chi connectivity index (χ1v) is 9.97. The van der Waals surface area contributed by atoms with E-state index in [2.05, 4.69) is 54.3 Å². The van der Waals surface area contributed by atoms with Crippen LogP contribution >= 0.6 is 0 Å². The van der Waals surface area contributed by atoms with Gasteiger partial charge in [0.25, 0.3) is 0 Å². The number of nitrogens with one attached hydrogen (secondary N) is 2. The van der Waals surface area contributed by atoms with E-state index in [1.165, 1.54) is 5.56 Å². The van der Waals surface area contributed by atoms with Crippen LogP contribution in [0, 0.1) is 0 Å². The van der Waals surface area contributed by atoms with Gasteiger partial charge >= 0.3 is 0 Å². The maximum atomic E-state index is 12.6. The molecule has 6 heteroatoms. The minimum absolute atomic E-state index is 0.0415. The van der Waals surface area contributed by atoms with Gasteiger partial charge in [0.15, 0.2) is 0 Å². The van der Waals surface area contributed by atoms with Gasteiger partial charge < -0.3 is 15.4 Å². The summed E-state index contributed by atoms with van der Waals surface area (Å²) in [6, 6.07) is 4.22. The molecule has 3 rings (SSSR count). The van der Waals surface area contributed by atoms with Crippen LogP contribution in [-0.2, 0) is 4.79 Å². The first-order chi connectivity index (χ1) is 12.7. The van der Waals surface area contributed by atoms with Gasteiger partial charge in [-0.15, -0.1) is 0 Å². The van der Waals surface area contributed by atoms with Gasteiger partial charge in [0, 0.05) is 35.9 Å². The van der Waals surface area contributed by atoms with E-state index in [1.54, 1.807) is 7.11 Å². The summed E-state index contributed by atoms with van der Waals surface area (Å²) in [6.07, 6.45) is 4.88. The van der Waals surface area contributed by atoms with E-state index in [0.717, 1.165) is 32.4 Å². The maximum Gasteiger partial charge on any atom is 0.234 e. The molecule has 6 nitrogen and oxygen atoms in total. The third-order valence-electron chi connectivity index (χ3n) is 5.63. The summed E-state index contributed by atoms with van der Waals surface area (Å²) in [5, 5.41) is 6.94. The highest BCUT2D eigenvalue weighted by molar-refractivity contribution is 5.78. The van der Waals surface area contributed by atoms with Crippen LogP contribution in [-0.4, -0.2) is 59.7 Å². The minimum Gasteiger partial charge on any atom is -0.481 e. The molecule has 0 aliphatic carbocycles. The number of aromatic nitrogens is 1. The predicted octanol–water partition coefficient (Wildman–Crippen LogP) is 2.30. The van der Waals surface area contributed by atoms with E-state index >= 15 is 0 Å². The smallest absolute Gasteiger partial charge is 0.234 e. The van der Waals surface area contributed by atoms with Crippen LogP contribution in [0.4, 0.5) is 0 Å². The fourth-order valence-corrected chi connectivity index (χ4v) is 4.90. The summed E-state index contributed by atoms with van der Waals surface area (Å²) >= 11 is 0. The lowest BCUT2D eigenvalue weighted by Crippen LogP contribution is -2.62. The number of methoxy groups -OCH3 is 1. The highest BCUT2D eigenvalue weighted by atomic mass is 16.5. The molecule has 27 heavy (non-hydrogen) atoms. The van der Waals surface area contributed by atoms with E-state index in [4.69, 9.17) is 4.74 Å². The molecule has 2 aliphatic heterocycles. The second-order valence-corrected chi connectivity index (χ2v) is 9.42. The molecule has 2 N–H and O–H groups in total. The number of likely N-dealkylation sites (tertiary alicyclic amines) is 1. The van der Waals surface area contributed by atoms with Crippen LogP contribution in [0.25, 0.3) is 0 Å². The van der Waals surface area contributed by atoms with Crippen molar-refractivity contribution < 1.29 is 9.53 Å². The first-order valence-electron chi connectivity index (χ1n) is 9.97. The Morgan fingerprint density at radius 1 is 1.30 bits per heavy atom. The van der Waals surface area contributed by atoms with Crippen LogP contribution in [0.2, 0.25) is 0 Å². The standard InChI is InChI=1S/C21H34N4O2/c1-20(2)10-17(11-21(3,4)24-20)23-18(26)14-25-9-8-16(13-25)15-6-7-19(27-5)22-12-15/h6-7,12,16-17,24H,8-11,13-14H2,1-5H3,(H,23,26). The molecule has 2 saturated heterocycles. The van der Waals surface area contributed by atoms with Gasteiger partial charge in [-0.05, 0) is 65.0 Å². The molecule has 0 spiro atoms. The molecule has 1 aromatic rings. The number of rotatable bonds is 5. The summed E-state index contributed by atoms with van der Waals surface area (Å²) in [6.45, 7) is 11.2. The molecular formula is C21H34N4O2. The van der Waals surface area contributed by atoms with Crippen molar-refractivity contribution in [3.05, 3.63) is 23.9 Å². The van der Waals surface area contributed by atoms with Crippen molar-refractivity contribution in [2.24, 2.45) is 0 Å². The number of hydrogen-bond donors (Lipinski definition) is 2. The molecule has 1 aromatic heterocycles. The normalized spacial score (nSPS) is 25.3. The minimum atomic E-state index is 0.0415. The number of nitrogens with zero attached hydrogens (tertiary/aromatic N) is 2. The van der Waals surface area contributed by atoms with Crippen molar-refractivity contribution >= 4 is 5.91 Å². The van der Waals surface area contributed by atoms with Crippen LogP contribution in [0.3, 0.4) is 0 Å². The van der Waals surface area contributed by atoms with Gasteiger partial charge in [0.05, 0.1) is 13.7 Å². The fourth-order valence-electron chi connectivity index (χ4n) is 4.90. The third kappa shape index (κ3) is 5.42. The van der Waals surface area contributed by atoms with Crippen molar-refractivity contribution in [1.82, 2.24) is 20.5 Å². The van der Waals surface area contributed by atoms with Crippen molar-refractivity contribution in [2.75, 3.05) is 26.7 Å². The largest absolute Gasteiger partial charge is 0.481 e. The highest BCUT2D eigenvalue weighted by Crippen LogP contribution is 2.29. The number of amides is 1. The number of pyridine rings is 1. The molecule has 2 fully saturated rings. The monoisotopic (exact) mass is 374 g/mol. The summed E-state index contributed by atoms with van der Waals surface area (Å²) < 4.78 is 5.13. The van der Waals surface area contributed by atoms with Crippen molar-refractivity contribution in [3.8, 4) is 5.88 Å². The molecule has 1 unspecified atom stereocenters. The van der Waals surface area contributed by atoms with Gasteiger partial charge in [-0.3, -0.25) is 9.69 Å². The Morgan fingerprint density at radius 3 is 2.59 bits per heavy atom. The quantitative estimate of drug-likeness (QED) is 0.828. The van der Waals surface area contributed by atoms with Crippen molar-refractivity contribution in [3.63, 3.8) is 0 Å². The molecule has 3 heterocycles. The van der Waals surface area contributed by atoms with Crippen LogP contribution in [0.15, 0.2) is 18.3 Å². The van der Waals surface area contributed by atoms with Gasteiger partial charge in [-0.25, -0.2) is 4.98 Å². The van der Waals surface area contributed by atoms with Gasteiger partial charge in [0.2, 0.25) is 11.8 Å². The fraction of sp³-hybridized carbons (Fsp3) is 0.714.